The third-order valence-corrected chi connectivity index (χ3v) is 6.02. The summed E-state index contributed by atoms with van der Waals surface area (Å²) in [5, 5.41) is 5.22. The van der Waals surface area contributed by atoms with Gasteiger partial charge in [-0.1, -0.05) is 16.8 Å². The number of fused-ring (bicyclic) bond motifs is 1. The minimum Gasteiger partial charge on any atom is -0.497 e. The molecule has 0 fully saturated rings. The summed E-state index contributed by atoms with van der Waals surface area (Å²) in [6.45, 7) is 1.71. The van der Waals surface area contributed by atoms with Crippen LogP contribution in [0.4, 0.5) is 0 Å². The molecule has 29 heavy (non-hydrogen) atoms. The first-order valence-corrected chi connectivity index (χ1v) is 10.4. The monoisotopic (exact) mass is 433 g/mol. The van der Waals surface area contributed by atoms with Gasteiger partial charge in [0, 0.05) is 16.0 Å². The zero-order valence-electron chi connectivity index (χ0n) is 15.5. The topological polar surface area (TPSA) is 107 Å². The molecule has 2 aromatic carbocycles. The van der Waals surface area contributed by atoms with Gasteiger partial charge < -0.3 is 13.7 Å². The minimum absolute atomic E-state index is 0.0868. The summed E-state index contributed by atoms with van der Waals surface area (Å²) in [6, 6.07) is 11.3. The molecule has 0 saturated carbocycles. The molecule has 10 heteroatoms. The molecule has 0 bridgehead atoms. The van der Waals surface area contributed by atoms with Crippen molar-refractivity contribution in [2.75, 3.05) is 7.11 Å². The van der Waals surface area contributed by atoms with Gasteiger partial charge in [0.25, 0.3) is 0 Å². The first-order chi connectivity index (χ1) is 13.9. The maximum absolute atomic E-state index is 12.4. The van der Waals surface area contributed by atoms with E-state index in [1.165, 1.54) is 24.3 Å². The molecule has 4 rings (SSSR count). The Morgan fingerprint density at radius 1 is 1.17 bits per heavy atom. The number of halogens is 1. The number of aromatic nitrogens is 2. The third kappa shape index (κ3) is 3.84. The SMILES string of the molecule is COc1ccc2oc(-c3noc(CNS(=O)(=O)c4ccc(Cl)cc4)n3)c(C)c2c1. The number of hydrogen-bond donors (Lipinski definition) is 1. The van der Waals surface area contributed by atoms with Crippen LogP contribution in [0.1, 0.15) is 11.5 Å². The Hall–Kier alpha value is -2.88. The Bertz CT molecular complexity index is 1280. The molecule has 0 radical (unpaired) electrons. The summed E-state index contributed by atoms with van der Waals surface area (Å²) < 4.78 is 43.4. The van der Waals surface area contributed by atoms with Crippen molar-refractivity contribution >= 4 is 32.6 Å². The first-order valence-electron chi connectivity index (χ1n) is 8.53. The van der Waals surface area contributed by atoms with E-state index in [4.69, 9.17) is 25.3 Å². The molecule has 0 aliphatic rings. The van der Waals surface area contributed by atoms with E-state index in [1.807, 2.05) is 13.0 Å². The lowest BCUT2D eigenvalue weighted by Gasteiger charge is -2.04. The van der Waals surface area contributed by atoms with Gasteiger partial charge in [-0.3, -0.25) is 0 Å². The van der Waals surface area contributed by atoms with Crippen LogP contribution in [-0.2, 0) is 16.6 Å². The molecule has 0 saturated heterocycles. The summed E-state index contributed by atoms with van der Waals surface area (Å²) in [5.41, 5.74) is 1.49. The summed E-state index contributed by atoms with van der Waals surface area (Å²) in [5.74, 6) is 1.50. The van der Waals surface area contributed by atoms with Crippen LogP contribution in [0.3, 0.4) is 0 Å². The lowest BCUT2D eigenvalue weighted by molar-refractivity contribution is 0.375. The lowest BCUT2D eigenvalue weighted by Crippen LogP contribution is -2.23. The minimum atomic E-state index is -3.74. The number of rotatable bonds is 6. The number of hydrogen-bond acceptors (Lipinski definition) is 7. The fraction of sp³-hybridized carbons (Fsp3) is 0.158. The number of sulfonamides is 1. The van der Waals surface area contributed by atoms with Crippen molar-refractivity contribution in [2.24, 2.45) is 0 Å². The van der Waals surface area contributed by atoms with Gasteiger partial charge in [0.05, 0.1) is 18.6 Å². The van der Waals surface area contributed by atoms with Gasteiger partial charge in [-0.15, -0.1) is 0 Å². The Kier molecular flexibility index (Phi) is 5.03. The van der Waals surface area contributed by atoms with E-state index in [2.05, 4.69) is 14.9 Å². The molecule has 0 atom stereocenters. The highest BCUT2D eigenvalue weighted by molar-refractivity contribution is 7.89. The molecule has 0 amide bonds. The maximum atomic E-state index is 12.4. The van der Waals surface area contributed by atoms with Crippen molar-refractivity contribution in [3.63, 3.8) is 0 Å². The van der Waals surface area contributed by atoms with Gasteiger partial charge in [0.1, 0.15) is 11.3 Å². The predicted octanol–water partition coefficient (Wildman–Crippen LogP) is 3.93. The van der Waals surface area contributed by atoms with Crippen LogP contribution >= 0.6 is 11.6 Å². The number of nitrogens with zero attached hydrogens (tertiary/aromatic N) is 2. The van der Waals surface area contributed by atoms with Gasteiger partial charge >= 0.3 is 0 Å². The molecule has 2 aromatic heterocycles. The van der Waals surface area contributed by atoms with Gasteiger partial charge in [-0.05, 0) is 49.4 Å². The molecule has 0 spiro atoms. The highest BCUT2D eigenvalue weighted by atomic mass is 35.5. The average Bonchev–Trinajstić information content (AvgIpc) is 3.31. The second kappa shape index (κ2) is 7.51. The van der Waals surface area contributed by atoms with Crippen molar-refractivity contribution in [2.45, 2.75) is 18.4 Å². The van der Waals surface area contributed by atoms with Crippen LogP contribution in [0, 0.1) is 6.92 Å². The normalized spacial score (nSPS) is 11.8. The highest BCUT2D eigenvalue weighted by Crippen LogP contribution is 2.33. The van der Waals surface area contributed by atoms with E-state index in [0.29, 0.717) is 22.1 Å². The first kappa shape index (κ1) is 19.4. The second-order valence-corrected chi connectivity index (χ2v) is 8.41. The van der Waals surface area contributed by atoms with Gasteiger partial charge in [0.15, 0.2) is 5.76 Å². The smallest absolute Gasteiger partial charge is 0.242 e. The molecule has 150 valence electrons. The summed E-state index contributed by atoms with van der Waals surface area (Å²) in [4.78, 5) is 4.33. The molecule has 1 N–H and O–H groups in total. The van der Waals surface area contributed by atoms with E-state index in [0.717, 1.165) is 10.9 Å². The Balaban J connectivity index is 1.55. The maximum Gasteiger partial charge on any atom is 0.242 e. The molecule has 8 nitrogen and oxygen atoms in total. The van der Waals surface area contributed by atoms with E-state index in [-0.39, 0.29) is 23.2 Å². The van der Waals surface area contributed by atoms with Crippen molar-refractivity contribution in [3.8, 4) is 17.3 Å². The fourth-order valence-electron chi connectivity index (χ4n) is 2.81. The number of benzene rings is 2. The van der Waals surface area contributed by atoms with E-state index in [9.17, 15) is 8.42 Å². The quantitative estimate of drug-likeness (QED) is 0.490. The zero-order valence-corrected chi connectivity index (χ0v) is 17.0. The van der Waals surface area contributed by atoms with Crippen LogP contribution in [0.15, 0.2) is 56.3 Å². The van der Waals surface area contributed by atoms with Crippen molar-refractivity contribution in [3.05, 3.63) is 58.9 Å². The average molecular weight is 434 g/mol. The number of aryl methyl sites for hydroxylation is 1. The van der Waals surface area contributed by atoms with Crippen molar-refractivity contribution < 1.29 is 22.1 Å². The molecule has 2 heterocycles. The highest BCUT2D eigenvalue weighted by Gasteiger charge is 2.20. The summed E-state index contributed by atoms with van der Waals surface area (Å²) >= 11 is 5.79. The molecule has 0 aliphatic heterocycles. The Morgan fingerprint density at radius 2 is 1.93 bits per heavy atom. The molecule has 4 aromatic rings. The summed E-state index contributed by atoms with van der Waals surface area (Å²) in [6.07, 6.45) is 0. The Morgan fingerprint density at radius 3 is 2.66 bits per heavy atom. The van der Waals surface area contributed by atoms with Crippen molar-refractivity contribution in [1.29, 1.82) is 0 Å². The number of nitrogens with one attached hydrogen (secondary N) is 1. The van der Waals surface area contributed by atoms with Crippen LogP contribution < -0.4 is 9.46 Å². The number of methoxy groups -OCH3 is 1. The van der Waals surface area contributed by atoms with Crippen LogP contribution in [0.2, 0.25) is 5.02 Å². The van der Waals surface area contributed by atoms with Crippen LogP contribution in [0.25, 0.3) is 22.6 Å². The van der Waals surface area contributed by atoms with E-state index >= 15 is 0 Å². The summed E-state index contributed by atoms with van der Waals surface area (Å²) in [7, 11) is -2.15. The molecular formula is C19H16ClN3O5S. The lowest BCUT2D eigenvalue weighted by atomic mass is 10.1. The Labute approximate surface area is 171 Å². The number of furan rings is 1. The van der Waals surface area contributed by atoms with Crippen LogP contribution in [-0.4, -0.2) is 25.7 Å². The van der Waals surface area contributed by atoms with Crippen LogP contribution in [0.5, 0.6) is 5.75 Å². The van der Waals surface area contributed by atoms with Gasteiger partial charge in [0.2, 0.25) is 21.7 Å². The largest absolute Gasteiger partial charge is 0.497 e. The zero-order chi connectivity index (χ0) is 20.6. The number of ether oxygens (including phenoxy) is 1. The molecule has 0 unspecified atom stereocenters. The third-order valence-electron chi connectivity index (χ3n) is 4.35. The molecular weight excluding hydrogens is 418 g/mol. The van der Waals surface area contributed by atoms with Gasteiger partial charge in [-0.25, -0.2) is 13.1 Å². The van der Waals surface area contributed by atoms with E-state index in [1.54, 1.807) is 19.2 Å². The second-order valence-electron chi connectivity index (χ2n) is 6.21. The fourth-order valence-corrected chi connectivity index (χ4v) is 3.91. The van der Waals surface area contributed by atoms with E-state index < -0.39 is 10.0 Å². The molecule has 0 aliphatic carbocycles. The van der Waals surface area contributed by atoms with Gasteiger partial charge in [-0.2, -0.15) is 4.98 Å². The standard InChI is InChI=1S/C19H16ClN3O5S/c1-11-15-9-13(26-2)5-8-16(15)27-18(11)19-22-17(28-23-19)10-21-29(24,25)14-6-3-12(20)4-7-14/h3-9,21H,10H2,1-2H3. The van der Waals surface area contributed by atoms with Crippen molar-refractivity contribution in [1.82, 2.24) is 14.9 Å². The predicted molar refractivity (Wildman–Crippen MR) is 106 cm³/mol.